The molecule has 1 N–H and O–H groups in total. The first kappa shape index (κ1) is 17.1. The van der Waals surface area contributed by atoms with Crippen molar-refractivity contribution in [3.05, 3.63) is 35.7 Å². The number of anilines is 1. The van der Waals surface area contributed by atoms with Gasteiger partial charge in [-0.25, -0.2) is 0 Å². The van der Waals surface area contributed by atoms with Gasteiger partial charge in [-0.1, -0.05) is 0 Å². The van der Waals surface area contributed by atoms with Crippen LogP contribution in [0.4, 0.5) is 5.69 Å². The van der Waals surface area contributed by atoms with Gasteiger partial charge in [0.1, 0.15) is 0 Å². The van der Waals surface area contributed by atoms with Crippen LogP contribution in [0.3, 0.4) is 0 Å². The zero-order valence-electron chi connectivity index (χ0n) is 15.1. The van der Waals surface area contributed by atoms with E-state index in [2.05, 4.69) is 33.3 Å². The number of rotatable bonds is 3. The minimum Gasteiger partial charge on any atom is -0.454 e. The Kier molecular flexibility index (Phi) is 4.69. The first-order valence-electron chi connectivity index (χ1n) is 8.75. The molecule has 0 spiro atoms. The van der Waals surface area contributed by atoms with Crippen LogP contribution < -0.4 is 14.8 Å². The zero-order chi connectivity index (χ0) is 18.1. The molecule has 1 aromatic carbocycles. The van der Waals surface area contributed by atoms with Crippen molar-refractivity contribution in [2.75, 3.05) is 38.3 Å². The molecule has 8 heteroatoms. The van der Waals surface area contributed by atoms with Crippen LogP contribution in [0.5, 0.6) is 11.5 Å². The van der Waals surface area contributed by atoms with E-state index in [4.69, 9.17) is 21.7 Å². The number of fused-ring (bicyclic) bond motifs is 1. The number of benzene rings is 1. The lowest BCUT2D eigenvalue weighted by atomic mass is 10.2. The minimum atomic E-state index is 0.279. The van der Waals surface area contributed by atoms with Gasteiger partial charge in [0, 0.05) is 63.3 Å². The summed E-state index contributed by atoms with van der Waals surface area (Å²) in [7, 11) is 1.97. The monoisotopic (exact) mass is 373 g/mol. The van der Waals surface area contributed by atoms with Crippen LogP contribution in [0, 0.1) is 6.92 Å². The quantitative estimate of drug-likeness (QED) is 0.826. The highest BCUT2D eigenvalue weighted by Gasteiger charge is 2.21. The van der Waals surface area contributed by atoms with Crippen molar-refractivity contribution >= 4 is 23.0 Å². The summed E-state index contributed by atoms with van der Waals surface area (Å²) in [5.41, 5.74) is 3.32. The molecule has 1 fully saturated rings. The molecule has 0 radical (unpaired) electrons. The van der Waals surface area contributed by atoms with Gasteiger partial charge in [-0.2, -0.15) is 5.10 Å². The van der Waals surface area contributed by atoms with Gasteiger partial charge in [0.05, 0.1) is 5.69 Å². The van der Waals surface area contributed by atoms with E-state index >= 15 is 0 Å². The third kappa shape index (κ3) is 3.61. The van der Waals surface area contributed by atoms with E-state index in [0.29, 0.717) is 0 Å². The molecule has 1 aromatic heterocycles. The predicted octanol–water partition coefficient (Wildman–Crippen LogP) is 1.97. The number of ether oxygens (including phenoxy) is 2. The standard InChI is InChI=1S/C18H23N5O2S/c1-13-14(10-21(2)20-13)11-22-5-7-23(8-6-22)18(26)19-15-3-4-16-17(9-15)25-12-24-16/h3-4,9-10H,5-8,11-12H2,1-2H3,(H,19,26). The number of hydrogen-bond acceptors (Lipinski definition) is 5. The maximum absolute atomic E-state index is 5.59. The Morgan fingerprint density at radius 2 is 1.96 bits per heavy atom. The summed E-state index contributed by atoms with van der Waals surface area (Å²) < 4.78 is 12.6. The van der Waals surface area contributed by atoms with Crippen LogP contribution in [-0.4, -0.2) is 57.7 Å². The molecule has 2 aromatic rings. The van der Waals surface area contributed by atoms with E-state index in [1.165, 1.54) is 5.56 Å². The number of nitrogens with one attached hydrogen (secondary N) is 1. The van der Waals surface area contributed by atoms with Crippen molar-refractivity contribution < 1.29 is 9.47 Å². The number of aryl methyl sites for hydroxylation is 2. The van der Waals surface area contributed by atoms with Crippen molar-refractivity contribution in [1.82, 2.24) is 19.6 Å². The van der Waals surface area contributed by atoms with Gasteiger partial charge < -0.3 is 19.7 Å². The Hall–Kier alpha value is -2.32. The van der Waals surface area contributed by atoms with E-state index in [1.54, 1.807) is 0 Å². The number of nitrogens with zero attached hydrogens (tertiary/aromatic N) is 4. The highest BCUT2D eigenvalue weighted by molar-refractivity contribution is 7.80. The second-order valence-corrected chi connectivity index (χ2v) is 7.06. The molecule has 2 aliphatic heterocycles. The van der Waals surface area contributed by atoms with Gasteiger partial charge in [-0.3, -0.25) is 9.58 Å². The summed E-state index contributed by atoms with van der Waals surface area (Å²) in [6.07, 6.45) is 2.10. The molecule has 0 unspecified atom stereocenters. The minimum absolute atomic E-state index is 0.279. The van der Waals surface area contributed by atoms with E-state index in [1.807, 2.05) is 29.9 Å². The van der Waals surface area contributed by atoms with Crippen molar-refractivity contribution in [2.24, 2.45) is 7.05 Å². The molecule has 26 heavy (non-hydrogen) atoms. The maximum atomic E-state index is 5.59. The summed E-state index contributed by atoms with van der Waals surface area (Å²) in [5.74, 6) is 1.54. The molecule has 4 rings (SSSR count). The number of aromatic nitrogens is 2. The molecule has 0 aliphatic carbocycles. The van der Waals surface area contributed by atoms with Crippen LogP contribution in [-0.2, 0) is 13.6 Å². The second kappa shape index (κ2) is 7.13. The molecule has 3 heterocycles. The fourth-order valence-corrected chi connectivity index (χ4v) is 3.63. The first-order valence-corrected chi connectivity index (χ1v) is 9.16. The van der Waals surface area contributed by atoms with E-state index < -0.39 is 0 Å². The van der Waals surface area contributed by atoms with Gasteiger partial charge >= 0.3 is 0 Å². The SMILES string of the molecule is Cc1nn(C)cc1CN1CCN(C(=S)Nc2ccc3c(c2)OCO3)CC1. The Morgan fingerprint density at radius 3 is 2.69 bits per heavy atom. The van der Waals surface area contributed by atoms with Crippen LogP contribution in [0.1, 0.15) is 11.3 Å². The highest BCUT2D eigenvalue weighted by atomic mass is 32.1. The smallest absolute Gasteiger partial charge is 0.231 e. The molecule has 2 aliphatic rings. The number of hydrogen-bond donors (Lipinski definition) is 1. The molecule has 0 amide bonds. The number of thiocarbonyl (C=S) groups is 1. The fourth-order valence-electron chi connectivity index (χ4n) is 3.33. The molecular weight excluding hydrogens is 350 g/mol. The van der Waals surface area contributed by atoms with Crippen molar-refractivity contribution in [2.45, 2.75) is 13.5 Å². The van der Waals surface area contributed by atoms with Gasteiger partial charge in [-0.05, 0) is 31.3 Å². The predicted molar refractivity (Wildman–Crippen MR) is 104 cm³/mol. The maximum Gasteiger partial charge on any atom is 0.231 e. The molecule has 1 saturated heterocycles. The summed E-state index contributed by atoms with van der Waals surface area (Å²) in [5, 5.41) is 8.48. The first-order chi connectivity index (χ1) is 12.6. The zero-order valence-corrected chi connectivity index (χ0v) is 15.9. The molecular formula is C18H23N5O2S. The Morgan fingerprint density at radius 1 is 1.19 bits per heavy atom. The topological polar surface area (TPSA) is 54.8 Å². The Labute approximate surface area is 158 Å². The molecule has 0 atom stereocenters. The molecule has 138 valence electrons. The lowest BCUT2D eigenvalue weighted by molar-refractivity contribution is 0.174. The summed E-state index contributed by atoms with van der Waals surface area (Å²) >= 11 is 5.59. The average Bonchev–Trinajstić information content (AvgIpc) is 3.21. The average molecular weight is 373 g/mol. The van der Waals surface area contributed by atoms with E-state index in [0.717, 1.165) is 60.7 Å². The third-order valence-electron chi connectivity index (χ3n) is 4.79. The van der Waals surface area contributed by atoms with Gasteiger partial charge in [-0.15, -0.1) is 0 Å². The largest absolute Gasteiger partial charge is 0.454 e. The van der Waals surface area contributed by atoms with Crippen molar-refractivity contribution in [3.63, 3.8) is 0 Å². The normalized spacial score (nSPS) is 16.8. The van der Waals surface area contributed by atoms with Gasteiger partial charge in [0.15, 0.2) is 16.6 Å². The van der Waals surface area contributed by atoms with Crippen molar-refractivity contribution in [3.8, 4) is 11.5 Å². The van der Waals surface area contributed by atoms with Gasteiger partial charge in [0.25, 0.3) is 0 Å². The highest BCUT2D eigenvalue weighted by Crippen LogP contribution is 2.34. The lowest BCUT2D eigenvalue weighted by Crippen LogP contribution is -2.49. The third-order valence-corrected chi connectivity index (χ3v) is 5.15. The van der Waals surface area contributed by atoms with Crippen LogP contribution >= 0.6 is 12.2 Å². The van der Waals surface area contributed by atoms with Crippen LogP contribution in [0.15, 0.2) is 24.4 Å². The summed E-state index contributed by atoms with van der Waals surface area (Å²) in [6, 6.07) is 5.79. The second-order valence-electron chi connectivity index (χ2n) is 6.67. The molecule has 0 bridgehead atoms. The summed E-state index contributed by atoms with van der Waals surface area (Å²) in [4.78, 5) is 4.66. The van der Waals surface area contributed by atoms with E-state index in [-0.39, 0.29) is 6.79 Å². The molecule has 0 saturated carbocycles. The fraction of sp³-hybridized carbons (Fsp3) is 0.444. The van der Waals surface area contributed by atoms with Gasteiger partial charge in [0.2, 0.25) is 6.79 Å². The Bertz CT molecular complexity index is 814. The summed E-state index contributed by atoms with van der Waals surface area (Å²) in [6.45, 7) is 7.08. The lowest BCUT2D eigenvalue weighted by Gasteiger charge is -2.36. The van der Waals surface area contributed by atoms with Crippen LogP contribution in [0.2, 0.25) is 0 Å². The van der Waals surface area contributed by atoms with Crippen molar-refractivity contribution in [1.29, 1.82) is 0 Å². The van der Waals surface area contributed by atoms with E-state index in [9.17, 15) is 0 Å². The van der Waals surface area contributed by atoms with Crippen LogP contribution in [0.25, 0.3) is 0 Å². The molecule has 7 nitrogen and oxygen atoms in total. The number of piperazine rings is 1. The Balaban J connectivity index is 1.30.